The number of ether oxygens (including phenoxy) is 1. The van der Waals surface area contributed by atoms with Crippen LogP contribution in [0.5, 0.6) is 5.75 Å². The highest BCUT2D eigenvalue weighted by molar-refractivity contribution is 5.79. The van der Waals surface area contributed by atoms with Crippen LogP contribution in [0.15, 0.2) is 35.5 Å². The van der Waals surface area contributed by atoms with Crippen molar-refractivity contribution in [2.75, 3.05) is 13.7 Å². The van der Waals surface area contributed by atoms with Crippen LogP contribution in [0.2, 0.25) is 0 Å². The Morgan fingerprint density at radius 2 is 1.88 bits per heavy atom. The third-order valence-electron chi connectivity index (χ3n) is 4.19. The molecule has 0 aliphatic rings. The smallest absolute Gasteiger partial charge is 0.191 e. The first-order valence-electron chi connectivity index (χ1n) is 8.62. The van der Waals surface area contributed by atoms with Crippen molar-refractivity contribution in [1.82, 2.24) is 15.6 Å². The van der Waals surface area contributed by atoms with Crippen LogP contribution in [0.25, 0.3) is 0 Å². The Balaban J connectivity index is 2.09. The monoisotopic (exact) mass is 340 g/mol. The van der Waals surface area contributed by atoms with Crippen LogP contribution >= 0.6 is 0 Å². The molecule has 1 aromatic heterocycles. The van der Waals surface area contributed by atoms with E-state index in [2.05, 4.69) is 46.6 Å². The van der Waals surface area contributed by atoms with E-state index in [1.54, 1.807) is 7.11 Å². The molecule has 0 spiro atoms. The van der Waals surface area contributed by atoms with Gasteiger partial charge in [0, 0.05) is 23.9 Å². The number of pyridine rings is 1. The zero-order valence-corrected chi connectivity index (χ0v) is 15.8. The Hall–Kier alpha value is -2.56. The van der Waals surface area contributed by atoms with Gasteiger partial charge in [0.25, 0.3) is 0 Å². The van der Waals surface area contributed by atoms with Crippen molar-refractivity contribution in [2.45, 2.75) is 40.8 Å². The molecule has 2 rings (SSSR count). The van der Waals surface area contributed by atoms with Gasteiger partial charge in [-0.05, 0) is 38.8 Å². The fourth-order valence-electron chi connectivity index (χ4n) is 2.71. The third-order valence-corrected chi connectivity index (χ3v) is 4.19. The quantitative estimate of drug-likeness (QED) is 0.626. The van der Waals surface area contributed by atoms with E-state index in [1.165, 1.54) is 11.1 Å². The van der Waals surface area contributed by atoms with E-state index in [0.29, 0.717) is 13.1 Å². The molecular weight excluding hydrogens is 312 g/mol. The van der Waals surface area contributed by atoms with Crippen LogP contribution in [-0.4, -0.2) is 24.6 Å². The summed E-state index contributed by atoms with van der Waals surface area (Å²) in [6.45, 7) is 10.3. The maximum Gasteiger partial charge on any atom is 0.191 e. The predicted octanol–water partition coefficient (Wildman–Crippen LogP) is 3.27. The maximum absolute atomic E-state index is 5.48. The molecule has 0 saturated heterocycles. The fourth-order valence-corrected chi connectivity index (χ4v) is 2.71. The lowest BCUT2D eigenvalue weighted by Gasteiger charge is -2.15. The second-order valence-corrected chi connectivity index (χ2v) is 6.02. The van der Waals surface area contributed by atoms with Crippen LogP contribution < -0.4 is 15.4 Å². The lowest BCUT2D eigenvalue weighted by molar-refractivity contribution is 0.406. The molecule has 0 fully saturated rings. The minimum Gasteiger partial charge on any atom is -0.496 e. The summed E-state index contributed by atoms with van der Waals surface area (Å²) < 4.78 is 5.48. The first kappa shape index (κ1) is 18.8. The van der Waals surface area contributed by atoms with Crippen molar-refractivity contribution in [1.29, 1.82) is 0 Å². The molecule has 0 radical (unpaired) electrons. The molecule has 2 N–H and O–H groups in total. The highest BCUT2D eigenvalue weighted by Gasteiger charge is 2.10. The summed E-state index contributed by atoms with van der Waals surface area (Å²) in [5.74, 6) is 1.68. The molecule has 1 aromatic carbocycles. The van der Waals surface area contributed by atoms with E-state index in [0.717, 1.165) is 35.1 Å². The van der Waals surface area contributed by atoms with Gasteiger partial charge in [-0.15, -0.1) is 0 Å². The van der Waals surface area contributed by atoms with Gasteiger partial charge in [-0.2, -0.15) is 0 Å². The number of nitrogens with zero attached hydrogens (tertiary/aromatic N) is 2. The Morgan fingerprint density at radius 1 is 1.12 bits per heavy atom. The van der Waals surface area contributed by atoms with Crippen LogP contribution in [0, 0.1) is 20.8 Å². The number of aryl methyl sites for hydroxylation is 2. The van der Waals surface area contributed by atoms with Gasteiger partial charge in [-0.3, -0.25) is 4.98 Å². The summed E-state index contributed by atoms with van der Waals surface area (Å²) in [4.78, 5) is 9.21. The third kappa shape index (κ3) is 4.95. The molecule has 1 heterocycles. The molecule has 5 nitrogen and oxygen atoms in total. The van der Waals surface area contributed by atoms with Crippen LogP contribution in [0.1, 0.15) is 34.9 Å². The molecule has 0 amide bonds. The average Bonchev–Trinajstić information content (AvgIpc) is 2.60. The van der Waals surface area contributed by atoms with Gasteiger partial charge in [-0.25, -0.2) is 4.99 Å². The molecule has 0 aliphatic carbocycles. The Bertz CT molecular complexity index is 740. The largest absolute Gasteiger partial charge is 0.496 e. The predicted molar refractivity (Wildman–Crippen MR) is 103 cm³/mol. The van der Waals surface area contributed by atoms with Gasteiger partial charge in [0.1, 0.15) is 5.75 Å². The van der Waals surface area contributed by atoms with Crippen LogP contribution in [0.3, 0.4) is 0 Å². The Morgan fingerprint density at radius 3 is 2.56 bits per heavy atom. The number of nitrogens with one attached hydrogen (secondary N) is 2. The zero-order chi connectivity index (χ0) is 18.2. The number of hydrogen-bond donors (Lipinski definition) is 2. The molecule has 25 heavy (non-hydrogen) atoms. The molecule has 0 unspecified atom stereocenters. The maximum atomic E-state index is 5.48. The number of rotatable bonds is 6. The van der Waals surface area contributed by atoms with Crippen molar-refractivity contribution < 1.29 is 4.74 Å². The number of guanidine groups is 1. The molecular formula is C20H28N4O. The number of benzene rings is 1. The van der Waals surface area contributed by atoms with E-state index in [1.807, 2.05) is 32.2 Å². The van der Waals surface area contributed by atoms with Gasteiger partial charge in [-0.1, -0.05) is 24.3 Å². The lowest BCUT2D eigenvalue weighted by atomic mass is 10.1. The minimum absolute atomic E-state index is 0.599. The van der Waals surface area contributed by atoms with Gasteiger partial charge >= 0.3 is 0 Å². The van der Waals surface area contributed by atoms with E-state index < -0.39 is 0 Å². The van der Waals surface area contributed by atoms with Crippen molar-refractivity contribution in [3.8, 4) is 5.75 Å². The highest BCUT2D eigenvalue weighted by Crippen LogP contribution is 2.23. The molecule has 0 aliphatic heterocycles. The highest BCUT2D eigenvalue weighted by atomic mass is 16.5. The second kappa shape index (κ2) is 9.06. The van der Waals surface area contributed by atoms with Gasteiger partial charge in [0.05, 0.1) is 25.9 Å². The fraction of sp³-hybridized carbons (Fsp3) is 0.400. The number of hydrogen-bond acceptors (Lipinski definition) is 3. The topological polar surface area (TPSA) is 58.5 Å². The Kier molecular flexibility index (Phi) is 6.81. The first-order chi connectivity index (χ1) is 12.1. The lowest BCUT2D eigenvalue weighted by Crippen LogP contribution is -2.37. The molecule has 2 aromatic rings. The average molecular weight is 340 g/mol. The normalized spacial score (nSPS) is 11.3. The van der Waals surface area contributed by atoms with Crippen molar-refractivity contribution in [2.24, 2.45) is 4.99 Å². The summed E-state index contributed by atoms with van der Waals surface area (Å²) in [5.41, 5.74) is 5.55. The van der Waals surface area contributed by atoms with Gasteiger partial charge < -0.3 is 15.4 Å². The molecule has 0 saturated carbocycles. The van der Waals surface area contributed by atoms with Crippen molar-refractivity contribution in [3.05, 3.63) is 58.4 Å². The van der Waals surface area contributed by atoms with Gasteiger partial charge in [0.15, 0.2) is 5.96 Å². The van der Waals surface area contributed by atoms with Crippen molar-refractivity contribution >= 4 is 5.96 Å². The summed E-state index contributed by atoms with van der Waals surface area (Å²) in [6.07, 6.45) is 1.85. The summed E-state index contributed by atoms with van der Waals surface area (Å²) in [7, 11) is 1.69. The first-order valence-corrected chi connectivity index (χ1v) is 8.62. The molecule has 0 bridgehead atoms. The molecule has 5 heteroatoms. The number of aromatic nitrogens is 1. The summed E-state index contributed by atoms with van der Waals surface area (Å²) in [6, 6.07) is 8.31. The van der Waals surface area contributed by atoms with Crippen LogP contribution in [0.4, 0.5) is 0 Å². The van der Waals surface area contributed by atoms with Crippen LogP contribution in [-0.2, 0) is 13.1 Å². The van der Waals surface area contributed by atoms with E-state index >= 15 is 0 Å². The van der Waals surface area contributed by atoms with Crippen molar-refractivity contribution in [3.63, 3.8) is 0 Å². The summed E-state index contributed by atoms with van der Waals surface area (Å²) in [5, 5.41) is 6.64. The number of methoxy groups -OCH3 is 1. The van der Waals surface area contributed by atoms with E-state index in [4.69, 9.17) is 4.74 Å². The molecule has 0 atom stereocenters. The molecule has 134 valence electrons. The van der Waals surface area contributed by atoms with E-state index in [9.17, 15) is 0 Å². The summed E-state index contributed by atoms with van der Waals surface area (Å²) >= 11 is 0. The Labute approximate surface area is 150 Å². The minimum atomic E-state index is 0.599. The SMILES string of the molecule is CCNC(=NCc1ccccc1C)NCc1ncc(C)c(OC)c1C. The zero-order valence-electron chi connectivity index (χ0n) is 15.8. The second-order valence-electron chi connectivity index (χ2n) is 6.02. The van der Waals surface area contributed by atoms with E-state index in [-0.39, 0.29) is 0 Å². The number of aliphatic imine (C=N–C) groups is 1. The standard InChI is InChI=1S/C20H28N4O/c1-6-21-20(23-12-17-10-8-7-9-14(17)2)24-13-18-16(4)19(25-5)15(3)11-22-18/h7-11H,6,12-13H2,1-5H3,(H2,21,23,24). The van der Waals surface area contributed by atoms with Gasteiger partial charge in [0.2, 0.25) is 0 Å².